The van der Waals surface area contributed by atoms with Crippen LogP contribution in [0, 0.1) is 5.82 Å². The molecule has 10 nitrogen and oxygen atoms in total. The Morgan fingerprint density at radius 3 is 2.88 bits per heavy atom. The number of ether oxygens (including phenoxy) is 4. The van der Waals surface area contributed by atoms with Crippen LogP contribution in [0.4, 0.5) is 10.2 Å². The van der Waals surface area contributed by atoms with Gasteiger partial charge in [0.25, 0.3) is 5.91 Å². The number of hydrogen-bond donors (Lipinski definition) is 2. The van der Waals surface area contributed by atoms with E-state index in [4.69, 9.17) is 18.9 Å². The van der Waals surface area contributed by atoms with Crippen LogP contribution in [0.2, 0.25) is 0 Å². The lowest BCUT2D eigenvalue weighted by atomic mass is 10.1. The van der Waals surface area contributed by atoms with Gasteiger partial charge in [0.1, 0.15) is 5.82 Å². The summed E-state index contributed by atoms with van der Waals surface area (Å²) >= 11 is 0. The minimum Gasteiger partial charge on any atom is -0.481 e. The Morgan fingerprint density at radius 1 is 1.21 bits per heavy atom. The number of amides is 1. The standard InChI is InChI=1S/C23H24FN5O5/c1-31-20-6-4-17-22(29-20)15(16(24)9-26-17)3-7-21-33-10-14(11-34-21)25-8-13-2-5-18-23(27-13)28-19(30)12-32-18/h2,4-6,9,14,21,25H,3,7-8,10-12H2,1H3,(H,27,28,30). The number of aromatic nitrogens is 3. The van der Waals surface area contributed by atoms with Gasteiger partial charge < -0.3 is 29.6 Å². The number of fused-ring (bicyclic) bond motifs is 2. The van der Waals surface area contributed by atoms with Crippen molar-refractivity contribution in [3.8, 4) is 11.6 Å². The third-order valence-electron chi connectivity index (χ3n) is 5.65. The van der Waals surface area contributed by atoms with Crippen molar-refractivity contribution >= 4 is 22.8 Å². The highest BCUT2D eigenvalue weighted by molar-refractivity contribution is 5.94. The van der Waals surface area contributed by atoms with Gasteiger partial charge in [0.2, 0.25) is 5.88 Å². The minimum absolute atomic E-state index is 0.00107. The molecule has 2 N–H and O–H groups in total. The molecule has 0 aliphatic carbocycles. The first kappa shape index (κ1) is 22.4. The van der Waals surface area contributed by atoms with Crippen LogP contribution in [0.1, 0.15) is 17.7 Å². The van der Waals surface area contributed by atoms with Gasteiger partial charge in [0.15, 0.2) is 24.5 Å². The molecule has 0 aromatic carbocycles. The van der Waals surface area contributed by atoms with E-state index in [0.717, 1.165) is 5.69 Å². The maximum absolute atomic E-state index is 14.5. The molecule has 0 saturated carbocycles. The fraction of sp³-hybridized carbons (Fsp3) is 0.391. The van der Waals surface area contributed by atoms with E-state index in [1.54, 1.807) is 18.2 Å². The highest BCUT2D eigenvalue weighted by Gasteiger charge is 2.24. The van der Waals surface area contributed by atoms with Crippen LogP contribution in [-0.2, 0) is 27.2 Å². The number of rotatable bonds is 7. The normalized spacial score (nSPS) is 19.9. The minimum atomic E-state index is -0.444. The number of nitrogens with one attached hydrogen (secondary N) is 2. The molecule has 0 radical (unpaired) electrons. The van der Waals surface area contributed by atoms with E-state index in [9.17, 15) is 9.18 Å². The van der Waals surface area contributed by atoms with Gasteiger partial charge >= 0.3 is 0 Å². The second kappa shape index (κ2) is 9.84. The summed E-state index contributed by atoms with van der Waals surface area (Å²) in [4.78, 5) is 24.3. The zero-order valence-corrected chi connectivity index (χ0v) is 18.5. The molecule has 3 aromatic rings. The summed E-state index contributed by atoms with van der Waals surface area (Å²) in [6.07, 6.45) is 1.63. The molecule has 5 rings (SSSR count). The number of pyridine rings is 3. The van der Waals surface area contributed by atoms with E-state index < -0.39 is 12.1 Å². The van der Waals surface area contributed by atoms with Gasteiger partial charge in [-0.25, -0.2) is 14.4 Å². The fourth-order valence-electron chi connectivity index (χ4n) is 3.87. The summed E-state index contributed by atoms with van der Waals surface area (Å²) in [5, 5.41) is 6.04. The first-order chi connectivity index (χ1) is 16.6. The molecule has 5 heterocycles. The number of anilines is 1. The first-order valence-corrected chi connectivity index (χ1v) is 11.0. The van der Waals surface area contributed by atoms with E-state index in [2.05, 4.69) is 25.6 Å². The number of halogens is 1. The zero-order valence-electron chi connectivity index (χ0n) is 18.5. The topological polar surface area (TPSA) is 117 Å². The predicted octanol–water partition coefficient (Wildman–Crippen LogP) is 1.97. The van der Waals surface area contributed by atoms with Crippen LogP contribution in [0.15, 0.2) is 30.5 Å². The van der Waals surface area contributed by atoms with Crippen LogP contribution in [-0.4, -0.2) is 60.1 Å². The lowest BCUT2D eigenvalue weighted by Crippen LogP contribution is -2.44. The van der Waals surface area contributed by atoms with Crippen molar-refractivity contribution in [2.75, 3.05) is 32.2 Å². The lowest BCUT2D eigenvalue weighted by Gasteiger charge is -2.30. The molecule has 0 atom stereocenters. The van der Waals surface area contributed by atoms with Crippen molar-refractivity contribution in [3.63, 3.8) is 0 Å². The van der Waals surface area contributed by atoms with Crippen LogP contribution < -0.4 is 20.1 Å². The molecule has 1 amide bonds. The van der Waals surface area contributed by atoms with Crippen molar-refractivity contribution in [1.29, 1.82) is 0 Å². The monoisotopic (exact) mass is 469 g/mol. The first-order valence-electron chi connectivity index (χ1n) is 11.0. The molecule has 34 heavy (non-hydrogen) atoms. The average molecular weight is 469 g/mol. The summed E-state index contributed by atoms with van der Waals surface area (Å²) in [7, 11) is 1.52. The summed E-state index contributed by atoms with van der Waals surface area (Å²) in [5.41, 5.74) is 2.31. The summed E-state index contributed by atoms with van der Waals surface area (Å²) in [5.74, 6) is 0.753. The SMILES string of the molecule is COc1ccc2ncc(F)c(CCC3OCC(NCc4ccc5c(n4)NC(=O)CO5)CO3)c2n1. The van der Waals surface area contributed by atoms with Gasteiger partial charge in [-0.15, -0.1) is 0 Å². The Kier molecular flexibility index (Phi) is 6.48. The number of carbonyl (C=O) groups excluding carboxylic acids is 1. The van der Waals surface area contributed by atoms with Crippen molar-refractivity contribution in [2.45, 2.75) is 31.7 Å². The lowest BCUT2D eigenvalue weighted by molar-refractivity contribution is -0.192. The molecule has 0 bridgehead atoms. The van der Waals surface area contributed by atoms with E-state index in [0.29, 0.717) is 66.6 Å². The molecule has 1 saturated heterocycles. The largest absolute Gasteiger partial charge is 0.481 e. The summed E-state index contributed by atoms with van der Waals surface area (Å²) < 4.78 is 36.6. The van der Waals surface area contributed by atoms with Gasteiger partial charge in [0.05, 0.1) is 49.3 Å². The number of carbonyl (C=O) groups is 1. The fourth-order valence-corrected chi connectivity index (χ4v) is 3.87. The second-order valence-corrected chi connectivity index (χ2v) is 8.00. The van der Waals surface area contributed by atoms with Crippen molar-refractivity contribution in [1.82, 2.24) is 20.3 Å². The highest BCUT2D eigenvalue weighted by atomic mass is 19.1. The smallest absolute Gasteiger partial charge is 0.263 e. The summed E-state index contributed by atoms with van der Waals surface area (Å²) in [6.45, 7) is 1.37. The molecule has 178 valence electrons. The number of methoxy groups -OCH3 is 1. The number of nitrogens with zero attached hydrogens (tertiary/aromatic N) is 3. The molecule has 0 spiro atoms. The molecule has 11 heteroatoms. The molecular weight excluding hydrogens is 445 g/mol. The van der Waals surface area contributed by atoms with Crippen LogP contribution >= 0.6 is 0 Å². The van der Waals surface area contributed by atoms with Gasteiger partial charge in [-0.1, -0.05) is 0 Å². The predicted molar refractivity (Wildman–Crippen MR) is 119 cm³/mol. The molecule has 1 fully saturated rings. The zero-order chi connectivity index (χ0) is 23.5. The van der Waals surface area contributed by atoms with Crippen molar-refractivity contribution in [2.24, 2.45) is 0 Å². The maximum Gasteiger partial charge on any atom is 0.263 e. The Balaban J connectivity index is 1.13. The van der Waals surface area contributed by atoms with Crippen molar-refractivity contribution < 1.29 is 28.1 Å². The van der Waals surface area contributed by atoms with Gasteiger partial charge in [-0.3, -0.25) is 9.78 Å². The van der Waals surface area contributed by atoms with Gasteiger partial charge in [-0.05, 0) is 24.6 Å². The number of aryl methyl sites for hydroxylation is 1. The van der Waals surface area contributed by atoms with Gasteiger partial charge in [-0.2, -0.15) is 0 Å². The number of hydrogen-bond acceptors (Lipinski definition) is 9. The maximum atomic E-state index is 14.5. The molecule has 2 aliphatic rings. The Morgan fingerprint density at radius 2 is 2.06 bits per heavy atom. The average Bonchev–Trinajstić information content (AvgIpc) is 2.87. The van der Waals surface area contributed by atoms with Crippen LogP contribution in [0.3, 0.4) is 0 Å². The van der Waals surface area contributed by atoms with E-state index in [1.165, 1.54) is 13.3 Å². The van der Waals surface area contributed by atoms with E-state index in [-0.39, 0.29) is 18.6 Å². The molecule has 0 unspecified atom stereocenters. The Labute approximate surface area is 194 Å². The van der Waals surface area contributed by atoms with Gasteiger partial charge in [0, 0.05) is 24.6 Å². The Bertz CT molecular complexity index is 1200. The van der Waals surface area contributed by atoms with E-state index >= 15 is 0 Å². The second-order valence-electron chi connectivity index (χ2n) is 8.00. The van der Waals surface area contributed by atoms with Crippen LogP contribution in [0.5, 0.6) is 11.6 Å². The third kappa shape index (κ3) is 4.91. The molecular formula is C23H24FN5O5. The quantitative estimate of drug-likeness (QED) is 0.536. The third-order valence-corrected chi connectivity index (χ3v) is 5.65. The van der Waals surface area contributed by atoms with Crippen LogP contribution in [0.25, 0.3) is 11.0 Å². The van der Waals surface area contributed by atoms with Crippen molar-refractivity contribution in [3.05, 3.63) is 47.5 Å². The highest BCUT2D eigenvalue weighted by Crippen LogP contribution is 2.26. The van der Waals surface area contributed by atoms with E-state index in [1.807, 2.05) is 6.07 Å². The Hall–Kier alpha value is -3.41. The summed E-state index contributed by atoms with van der Waals surface area (Å²) in [6, 6.07) is 7.06. The molecule has 2 aliphatic heterocycles. The molecule has 3 aromatic heterocycles.